The first-order chi connectivity index (χ1) is 7.65. The first-order valence-corrected chi connectivity index (χ1v) is 5.36. The van der Waals surface area contributed by atoms with Crippen molar-refractivity contribution in [3.63, 3.8) is 0 Å². The van der Waals surface area contributed by atoms with Crippen LogP contribution in [0.1, 0.15) is 5.69 Å². The quantitative estimate of drug-likeness (QED) is 0.940. The number of carboxylic acid groups (broad SMARTS) is 1. The Morgan fingerprint density at radius 1 is 1.38 bits per heavy atom. The van der Waals surface area contributed by atoms with E-state index in [4.69, 9.17) is 9.52 Å². The molecular formula is C11H8BrNO3. The second-order valence-corrected chi connectivity index (χ2v) is 4.14. The number of hydrogen-bond acceptors (Lipinski definition) is 3. The Morgan fingerprint density at radius 3 is 2.69 bits per heavy atom. The Kier molecular flexibility index (Phi) is 3.05. The number of rotatable bonds is 3. The predicted molar refractivity (Wildman–Crippen MR) is 61.0 cm³/mol. The standard InChI is InChI=1S/C11H8BrNO3/c12-8-3-1-7(2-4-8)11-13-9(6-16-11)5-10(14)15/h1-4,6H,5H2,(H,14,15). The molecule has 5 heteroatoms. The van der Waals surface area contributed by atoms with Gasteiger partial charge in [-0.2, -0.15) is 0 Å². The summed E-state index contributed by atoms with van der Waals surface area (Å²) in [6, 6.07) is 7.44. The van der Waals surface area contributed by atoms with Crippen molar-refractivity contribution in [1.82, 2.24) is 4.98 Å². The molecule has 4 nitrogen and oxygen atoms in total. The summed E-state index contributed by atoms with van der Waals surface area (Å²) < 4.78 is 6.17. The minimum Gasteiger partial charge on any atom is -0.481 e. The van der Waals surface area contributed by atoms with Gasteiger partial charge in [-0.25, -0.2) is 4.98 Å². The van der Waals surface area contributed by atoms with Gasteiger partial charge in [0, 0.05) is 10.0 Å². The second kappa shape index (κ2) is 4.49. The number of carboxylic acids is 1. The fraction of sp³-hybridized carbons (Fsp3) is 0.0909. The van der Waals surface area contributed by atoms with Gasteiger partial charge >= 0.3 is 5.97 Å². The zero-order valence-electron chi connectivity index (χ0n) is 8.18. The molecule has 0 bridgehead atoms. The lowest BCUT2D eigenvalue weighted by Crippen LogP contribution is -1.99. The summed E-state index contributed by atoms with van der Waals surface area (Å²) in [4.78, 5) is 14.6. The highest BCUT2D eigenvalue weighted by molar-refractivity contribution is 9.10. The molecule has 1 heterocycles. The number of benzene rings is 1. The summed E-state index contributed by atoms with van der Waals surface area (Å²) in [5.41, 5.74) is 1.24. The Balaban J connectivity index is 2.24. The summed E-state index contributed by atoms with van der Waals surface area (Å²) in [6.45, 7) is 0. The second-order valence-electron chi connectivity index (χ2n) is 3.22. The van der Waals surface area contributed by atoms with E-state index in [1.807, 2.05) is 24.3 Å². The van der Waals surface area contributed by atoms with Crippen LogP contribution in [0.25, 0.3) is 11.5 Å². The van der Waals surface area contributed by atoms with Gasteiger partial charge in [0.1, 0.15) is 6.26 Å². The zero-order chi connectivity index (χ0) is 11.5. The van der Waals surface area contributed by atoms with Crippen molar-refractivity contribution in [2.45, 2.75) is 6.42 Å². The maximum Gasteiger partial charge on any atom is 0.309 e. The molecule has 0 atom stereocenters. The highest BCUT2D eigenvalue weighted by Gasteiger charge is 2.09. The zero-order valence-corrected chi connectivity index (χ0v) is 9.77. The minimum atomic E-state index is -0.921. The van der Waals surface area contributed by atoms with E-state index in [1.165, 1.54) is 6.26 Å². The van der Waals surface area contributed by atoms with Crippen LogP contribution in [0.4, 0.5) is 0 Å². The van der Waals surface area contributed by atoms with Gasteiger partial charge in [-0.3, -0.25) is 4.79 Å². The van der Waals surface area contributed by atoms with Gasteiger partial charge < -0.3 is 9.52 Å². The van der Waals surface area contributed by atoms with Gasteiger partial charge in [0.15, 0.2) is 0 Å². The van der Waals surface area contributed by atoms with Crippen LogP contribution in [-0.4, -0.2) is 16.1 Å². The van der Waals surface area contributed by atoms with Crippen LogP contribution in [0.3, 0.4) is 0 Å². The molecule has 82 valence electrons. The molecule has 16 heavy (non-hydrogen) atoms. The smallest absolute Gasteiger partial charge is 0.309 e. The molecule has 0 fully saturated rings. The van der Waals surface area contributed by atoms with Gasteiger partial charge in [-0.1, -0.05) is 15.9 Å². The van der Waals surface area contributed by atoms with Crippen LogP contribution in [0.5, 0.6) is 0 Å². The van der Waals surface area contributed by atoms with Gasteiger partial charge in [-0.05, 0) is 24.3 Å². The van der Waals surface area contributed by atoms with Crippen molar-refractivity contribution >= 4 is 21.9 Å². The number of oxazole rings is 1. The molecule has 0 radical (unpaired) electrons. The number of aromatic nitrogens is 1. The third kappa shape index (κ3) is 2.49. The number of nitrogens with zero attached hydrogens (tertiary/aromatic N) is 1. The molecule has 2 rings (SSSR count). The average molecular weight is 282 g/mol. The minimum absolute atomic E-state index is 0.125. The fourth-order valence-corrected chi connectivity index (χ4v) is 1.53. The van der Waals surface area contributed by atoms with E-state index in [2.05, 4.69) is 20.9 Å². The van der Waals surface area contributed by atoms with E-state index in [0.29, 0.717) is 11.6 Å². The first-order valence-electron chi connectivity index (χ1n) is 4.57. The summed E-state index contributed by atoms with van der Waals surface area (Å²) in [5.74, 6) is -0.487. The maximum absolute atomic E-state index is 10.5. The Labute approximate surface area is 100 Å². The van der Waals surface area contributed by atoms with E-state index in [9.17, 15) is 4.79 Å². The molecule has 1 aromatic heterocycles. The molecular weight excluding hydrogens is 274 g/mol. The summed E-state index contributed by atoms with van der Waals surface area (Å²) in [6.07, 6.45) is 1.24. The molecule has 1 N–H and O–H groups in total. The molecule has 0 aliphatic heterocycles. The highest BCUT2D eigenvalue weighted by Crippen LogP contribution is 2.21. The largest absolute Gasteiger partial charge is 0.481 e. The highest BCUT2D eigenvalue weighted by atomic mass is 79.9. The normalized spacial score (nSPS) is 10.3. The van der Waals surface area contributed by atoms with Gasteiger partial charge in [0.25, 0.3) is 0 Å². The Morgan fingerprint density at radius 2 is 2.06 bits per heavy atom. The van der Waals surface area contributed by atoms with Crippen LogP contribution in [0, 0.1) is 0 Å². The summed E-state index contributed by atoms with van der Waals surface area (Å²) >= 11 is 3.33. The molecule has 0 saturated heterocycles. The van der Waals surface area contributed by atoms with Crippen LogP contribution < -0.4 is 0 Å². The lowest BCUT2D eigenvalue weighted by Gasteiger charge is -1.94. The lowest BCUT2D eigenvalue weighted by molar-refractivity contribution is -0.136. The molecule has 0 aliphatic rings. The SMILES string of the molecule is O=C(O)Cc1coc(-c2ccc(Br)cc2)n1. The number of hydrogen-bond donors (Lipinski definition) is 1. The van der Waals surface area contributed by atoms with Crippen LogP contribution >= 0.6 is 15.9 Å². The third-order valence-corrected chi connectivity index (χ3v) is 2.50. The van der Waals surface area contributed by atoms with E-state index >= 15 is 0 Å². The first kappa shape index (κ1) is 10.9. The summed E-state index contributed by atoms with van der Waals surface area (Å²) in [7, 11) is 0. The molecule has 0 amide bonds. The van der Waals surface area contributed by atoms with E-state index in [1.54, 1.807) is 0 Å². The third-order valence-electron chi connectivity index (χ3n) is 1.98. The van der Waals surface area contributed by atoms with Crippen molar-refractivity contribution < 1.29 is 14.3 Å². The Hall–Kier alpha value is -1.62. The van der Waals surface area contributed by atoms with Crippen molar-refractivity contribution in [3.05, 3.63) is 40.7 Å². The number of aliphatic carboxylic acids is 1. The van der Waals surface area contributed by atoms with Crippen LogP contribution in [0.15, 0.2) is 39.4 Å². The lowest BCUT2D eigenvalue weighted by atomic mass is 10.2. The molecule has 0 spiro atoms. The van der Waals surface area contributed by atoms with Crippen LogP contribution in [-0.2, 0) is 11.2 Å². The van der Waals surface area contributed by atoms with Crippen molar-refractivity contribution in [3.8, 4) is 11.5 Å². The van der Waals surface area contributed by atoms with Crippen molar-refractivity contribution in [1.29, 1.82) is 0 Å². The monoisotopic (exact) mass is 281 g/mol. The molecule has 2 aromatic rings. The van der Waals surface area contributed by atoms with Gasteiger partial charge in [0.2, 0.25) is 5.89 Å². The number of halogens is 1. The van der Waals surface area contributed by atoms with E-state index < -0.39 is 5.97 Å². The molecule has 0 saturated carbocycles. The summed E-state index contributed by atoms with van der Waals surface area (Å²) in [5, 5.41) is 8.60. The van der Waals surface area contributed by atoms with E-state index in [-0.39, 0.29) is 6.42 Å². The predicted octanol–water partition coefficient (Wildman–Crippen LogP) is 2.73. The van der Waals surface area contributed by atoms with E-state index in [0.717, 1.165) is 10.0 Å². The number of carbonyl (C=O) groups is 1. The van der Waals surface area contributed by atoms with Gasteiger partial charge in [-0.15, -0.1) is 0 Å². The fourth-order valence-electron chi connectivity index (χ4n) is 1.27. The molecule has 0 unspecified atom stereocenters. The molecule has 0 aliphatic carbocycles. The van der Waals surface area contributed by atoms with Crippen molar-refractivity contribution in [2.24, 2.45) is 0 Å². The van der Waals surface area contributed by atoms with Crippen LogP contribution in [0.2, 0.25) is 0 Å². The maximum atomic E-state index is 10.5. The average Bonchev–Trinajstić information content (AvgIpc) is 2.66. The molecule has 1 aromatic carbocycles. The Bertz CT molecular complexity index is 504. The van der Waals surface area contributed by atoms with Gasteiger partial charge in [0.05, 0.1) is 12.1 Å². The van der Waals surface area contributed by atoms with Crippen molar-refractivity contribution in [2.75, 3.05) is 0 Å². The topological polar surface area (TPSA) is 63.3 Å².